The zero-order valence-corrected chi connectivity index (χ0v) is 8.18. The highest BCUT2D eigenvalue weighted by Crippen LogP contribution is 2.20. The molecule has 1 aromatic carbocycles. The lowest BCUT2D eigenvalue weighted by atomic mass is 10.0. The standard InChI is InChI=1S/C10H9ClO2/c1-6(12)8-4-3-5-9(11)10(8)7(2)13/h3-5H,1-2H3. The average Bonchev–Trinajstić information content (AvgIpc) is 2.02. The summed E-state index contributed by atoms with van der Waals surface area (Å²) in [5, 5.41) is 0.334. The van der Waals surface area contributed by atoms with Gasteiger partial charge in [-0.3, -0.25) is 9.59 Å². The Bertz CT molecular complexity index is 369. The van der Waals surface area contributed by atoms with Gasteiger partial charge in [0.2, 0.25) is 0 Å². The maximum atomic E-state index is 11.2. The molecule has 0 amide bonds. The molecule has 13 heavy (non-hydrogen) atoms. The number of Topliss-reactive ketones (excluding diaryl/α,β-unsaturated/α-hetero) is 2. The Hall–Kier alpha value is -1.15. The van der Waals surface area contributed by atoms with E-state index in [1.807, 2.05) is 0 Å². The molecule has 1 rings (SSSR count). The van der Waals surface area contributed by atoms with Crippen LogP contribution >= 0.6 is 11.6 Å². The van der Waals surface area contributed by atoms with Crippen molar-refractivity contribution in [2.24, 2.45) is 0 Å². The van der Waals surface area contributed by atoms with Crippen LogP contribution in [0, 0.1) is 0 Å². The minimum atomic E-state index is -0.184. The summed E-state index contributed by atoms with van der Waals surface area (Å²) in [6.07, 6.45) is 0. The predicted octanol–water partition coefficient (Wildman–Crippen LogP) is 2.75. The molecule has 0 radical (unpaired) electrons. The van der Waals surface area contributed by atoms with E-state index < -0.39 is 0 Å². The van der Waals surface area contributed by atoms with E-state index in [9.17, 15) is 9.59 Å². The molecule has 0 saturated heterocycles. The molecule has 2 nitrogen and oxygen atoms in total. The second-order valence-electron chi connectivity index (χ2n) is 2.77. The number of carbonyl (C=O) groups is 2. The van der Waals surface area contributed by atoms with Crippen LogP contribution < -0.4 is 0 Å². The SMILES string of the molecule is CC(=O)c1cccc(Cl)c1C(C)=O. The van der Waals surface area contributed by atoms with Crippen molar-refractivity contribution in [2.45, 2.75) is 13.8 Å². The van der Waals surface area contributed by atoms with Crippen LogP contribution in [0.2, 0.25) is 5.02 Å². The molecule has 1 aromatic rings. The molecule has 0 spiro atoms. The van der Waals surface area contributed by atoms with Crippen molar-refractivity contribution in [1.82, 2.24) is 0 Å². The topological polar surface area (TPSA) is 34.1 Å². The first-order chi connectivity index (χ1) is 6.04. The lowest BCUT2D eigenvalue weighted by Gasteiger charge is -2.04. The summed E-state index contributed by atoms with van der Waals surface area (Å²) in [6.45, 7) is 2.81. The number of carbonyl (C=O) groups excluding carboxylic acids is 2. The Morgan fingerprint density at radius 3 is 2.15 bits per heavy atom. The largest absolute Gasteiger partial charge is 0.294 e. The smallest absolute Gasteiger partial charge is 0.162 e. The van der Waals surface area contributed by atoms with Gasteiger partial charge in [0.05, 0.1) is 5.02 Å². The van der Waals surface area contributed by atoms with E-state index in [4.69, 9.17) is 11.6 Å². The van der Waals surface area contributed by atoms with E-state index in [0.717, 1.165) is 0 Å². The molecule has 0 fully saturated rings. The highest BCUT2D eigenvalue weighted by Gasteiger charge is 2.13. The maximum absolute atomic E-state index is 11.2. The van der Waals surface area contributed by atoms with E-state index >= 15 is 0 Å². The van der Waals surface area contributed by atoms with Gasteiger partial charge in [-0.2, -0.15) is 0 Å². The third-order valence-corrected chi connectivity index (χ3v) is 2.06. The zero-order chi connectivity index (χ0) is 10.0. The van der Waals surface area contributed by atoms with Crippen molar-refractivity contribution in [1.29, 1.82) is 0 Å². The molecule has 0 unspecified atom stereocenters. The third-order valence-electron chi connectivity index (χ3n) is 1.74. The second-order valence-corrected chi connectivity index (χ2v) is 3.18. The van der Waals surface area contributed by atoms with Gasteiger partial charge in [-0.25, -0.2) is 0 Å². The first kappa shape index (κ1) is 9.93. The van der Waals surface area contributed by atoms with Crippen molar-refractivity contribution in [2.75, 3.05) is 0 Å². The molecule has 0 aliphatic heterocycles. The van der Waals surface area contributed by atoms with Crippen molar-refractivity contribution < 1.29 is 9.59 Å². The van der Waals surface area contributed by atoms with Crippen LogP contribution in [0.1, 0.15) is 34.6 Å². The normalized spacial score (nSPS) is 9.77. The van der Waals surface area contributed by atoms with Crippen LogP contribution in [0.15, 0.2) is 18.2 Å². The average molecular weight is 197 g/mol. The van der Waals surface area contributed by atoms with Gasteiger partial charge in [0, 0.05) is 11.1 Å². The molecular formula is C10H9ClO2. The number of rotatable bonds is 2. The molecule has 68 valence electrons. The van der Waals surface area contributed by atoms with Crippen molar-refractivity contribution in [3.8, 4) is 0 Å². The van der Waals surface area contributed by atoms with E-state index in [0.29, 0.717) is 16.1 Å². The van der Waals surface area contributed by atoms with Crippen LogP contribution in [-0.2, 0) is 0 Å². The van der Waals surface area contributed by atoms with E-state index in [2.05, 4.69) is 0 Å². The number of benzene rings is 1. The number of hydrogen-bond acceptors (Lipinski definition) is 2. The molecule has 0 N–H and O–H groups in total. The fourth-order valence-corrected chi connectivity index (χ4v) is 1.48. The fourth-order valence-electron chi connectivity index (χ4n) is 1.18. The van der Waals surface area contributed by atoms with Crippen LogP contribution in [0.25, 0.3) is 0 Å². The summed E-state index contributed by atoms with van der Waals surface area (Å²) in [5.41, 5.74) is 0.705. The molecule has 0 saturated carbocycles. The Balaban J connectivity index is 3.43. The van der Waals surface area contributed by atoms with Gasteiger partial charge in [0.1, 0.15) is 0 Å². The van der Waals surface area contributed by atoms with Gasteiger partial charge in [-0.15, -0.1) is 0 Å². The highest BCUT2D eigenvalue weighted by atomic mass is 35.5. The number of halogens is 1. The minimum Gasteiger partial charge on any atom is -0.294 e. The molecule has 0 atom stereocenters. The first-order valence-electron chi connectivity index (χ1n) is 3.84. The highest BCUT2D eigenvalue weighted by molar-refractivity contribution is 6.34. The summed E-state index contributed by atoms with van der Waals surface area (Å²) in [5.74, 6) is -0.330. The van der Waals surface area contributed by atoms with Crippen LogP contribution in [-0.4, -0.2) is 11.6 Å². The monoisotopic (exact) mass is 196 g/mol. The van der Waals surface area contributed by atoms with E-state index in [1.165, 1.54) is 13.8 Å². The lowest BCUT2D eigenvalue weighted by Crippen LogP contribution is -2.04. The third kappa shape index (κ3) is 1.95. The molecule has 0 aliphatic rings. The number of hydrogen-bond donors (Lipinski definition) is 0. The van der Waals surface area contributed by atoms with Gasteiger partial charge >= 0.3 is 0 Å². The Kier molecular flexibility index (Phi) is 2.83. The van der Waals surface area contributed by atoms with Gasteiger partial charge in [-0.05, 0) is 19.9 Å². The minimum absolute atomic E-state index is 0.146. The van der Waals surface area contributed by atoms with Gasteiger partial charge < -0.3 is 0 Å². The van der Waals surface area contributed by atoms with Crippen molar-refractivity contribution in [3.05, 3.63) is 34.3 Å². The fraction of sp³-hybridized carbons (Fsp3) is 0.200. The quantitative estimate of drug-likeness (QED) is 0.682. The Morgan fingerprint density at radius 2 is 1.77 bits per heavy atom. The van der Waals surface area contributed by atoms with E-state index in [1.54, 1.807) is 18.2 Å². The second kappa shape index (κ2) is 3.71. The molecule has 0 aromatic heterocycles. The Morgan fingerprint density at radius 1 is 1.15 bits per heavy atom. The van der Waals surface area contributed by atoms with E-state index in [-0.39, 0.29) is 11.6 Å². The van der Waals surface area contributed by atoms with Gasteiger partial charge in [0.15, 0.2) is 11.6 Å². The summed E-state index contributed by atoms with van der Waals surface area (Å²) < 4.78 is 0. The lowest BCUT2D eigenvalue weighted by molar-refractivity contribution is 0.0981. The van der Waals surface area contributed by atoms with Crippen LogP contribution in [0.4, 0.5) is 0 Å². The molecule has 0 aliphatic carbocycles. The summed E-state index contributed by atoms with van der Waals surface area (Å²) in [4.78, 5) is 22.3. The number of ketones is 2. The predicted molar refractivity (Wildman–Crippen MR) is 51.5 cm³/mol. The van der Waals surface area contributed by atoms with Crippen molar-refractivity contribution >= 4 is 23.2 Å². The van der Waals surface area contributed by atoms with Crippen LogP contribution in [0.3, 0.4) is 0 Å². The van der Waals surface area contributed by atoms with Crippen LogP contribution in [0.5, 0.6) is 0 Å². The van der Waals surface area contributed by atoms with Crippen molar-refractivity contribution in [3.63, 3.8) is 0 Å². The van der Waals surface area contributed by atoms with Gasteiger partial charge in [-0.1, -0.05) is 23.7 Å². The maximum Gasteiger partial charge on any atom is 0.162 e. The summed E-state index contributed by atoms with van der Waals surface area (Å²) >= 11 is 5.80. The Labute approximate surface area is 81.5 Å². The molecule has 0 bridgehead atoms. The molecule has 3 heteroatoms. The zero-order valence-electron chi connectivity index (χ0n) is 7.43. The molecule has 0 heterocycles. The summed E-state index contributed by atoms with van der Waals surface area (Å²) in [6, 6.07) is 4.86. The summed E-state index contributed by atoms with van der Waals surface area (Å²) in [7, 11) is 0. The first-order valence-corrected chi connectivity index (χ1v) is 4.22. The van der Waals surface area contributed by atoms with Gasteiger partial charge in [0.25, 0.3) is 0 Å². The molecular weight excluding hydrogens is 188 g/mol.